The second kappa shape index (κ2) is 7.43. The summed E-state index contributed by atoms with van der Waals surface area (Å²) < 4.78 is 7.24. The van der Waals surface area contributed by atoms with Gasteiger partial charge < -0.3 is 14.6 Å². The van der Waals surface area contributed by atoms with Crippen molar-refractivity contribution in [1.29, 1.82) is 0 Å². The van der Waals surface area contributed by atoms with E-state index in [1.165, 1.54) is 0 Å². The summed E-state index contributed by atoms with van der Waals surface area (Å²) in [6.45, 7) is 6.22. The summed E-state index contributed by atoms with van der Waals surface area (Å²) in [4.78, 5) is 16.0. The number of nitrogens with zero attached hydrogens (tertiary/aromatic N) is 2. The molecule has 1 aliphatic carbocycles. The molecule has 0 unspecified atom stereocenters. The third kappa shape index (κ3) is 3.82. The average Bonchev–Trinajstić information content (AvgIpc) is 2.93. The number of hydrogen-bond acceptors (Lipinski definition) is 4. The van der Waals surface area contributed by atoms with Crippen molar-refractivity contribution in [3.8, 4) is 0 Å². The lowest BCUT2D eigenvalue weighted by atomic mass is 9.86. The molecule has 1 heterocycles. The van der Waals surface area contributed by atoms with Crippen molar-refractivity contribution in [3.63, 3.8) is 0 Å². The van der Waals surface area contributed by atoms with E-state index in [2.05, 4.69) is 21.8 Å². The van der Waals surface area contributed by atoms with Gasteiger partial charge in [0.1, 0.15) is 5.82 Å². The van der Waals surface area contributed by atoms with E-state index in [1.807, 2.05) is 19.3 Å². The maximum Gasteiger partial charge on any atom is 0.308 e. The summed E-state index contributed by atoms with van der Waals surface area (Å²) in [5.41, 5.74) is 0. The van der Waals surface area contributed by atoms with Crippen LogP contribution in [0.2, 0.25) is 0 Å². The van der Waals surface area contributed by atoms with E-state index in [4.69, 9.17) is 4.74 Å². The number of carbonyl (C=O) groups is 1. The molecule has 0 spiro atoms. The Labute approximate surface area is 120 Å². The highest BCUT2D eigenvalue weighted by Gasteiger charge is 2.26. The first-order chi connectivity index (χ1) is 9.74. The standard InChI is InChI=1S/C15H25N3O2/c1-3-18-10-9-16-14(18)11-17-13-7-5-12(6-8-13)15(19)20-4-2/h9-10,12-13,17H,3-8,11H2,1-2H3. The topological polar surface area (TPSA) is 56.1 Å². The van der Waals surface area contributed by atoms with Crippen molar-refractivity contribution in [2.45, 2.75) is 58.7 Å². The van der Waals surface area contributed by atoms with E-state index in [1.54, 1.807) is 0 Å². The Hall–Kier alpha value is -1.36. The molecule has 0 saturated heterocycles. The van der Waals surface area contributed by atoms with Crippen LogP contribution < -0.4 is 5.32 Å². The van der Waals surface area contributed by atoms with Gasteiger partial charge in [-0.05, 0) is 39.5 Å². The second-order valence-corrected chi connectivity index (χ2v) is 5.31. The summed E-state index contributed by atoms with van der Waals surface area (Å²) in [6.07, 6.45) is 7.79. The van der Waals surface area contributed by atoms with Gasteiger partial charge in [0.15, 0.2) is 0 Å². The quantitative estimate of drug-likeness (QED) is 0.810. The molecule has 1 saturated carbocycles. The Bertz CT molecular complexity index is 423. The zero-order valence-corrected chi connectivity index (χ0v) is 12.5. The minimum absolute atomic E-state index is 0.0209. The van der Waals surface area contributed by atoms with Crippen LogP contribution in [0.25, 0.3) is 0 Å². The van der Waals surface area contributed by atoms with Crippen molar-refractivity contribution in [1.82, 2.24) is 14.9 Å². The van der Waals surface area contributed by atoms with Gasteiger partial charge >= 0.3 is 5.97 Å². The highest BCUT2D eigenvalue weighted by molar-refractivity contribution is 5.72. The number of nitrogens with one attached hydrogen (secondary N) is 1. The molecule has 0 radical (unpaired) electrons. The Morgan fingerprint density at radius 3 is 2.80 bits per heavy atom. The normalized spacial score (nSPS) is 22.7. The monoisotopic (exact) mass is 279 g/mol. The van der Waals surface area contributed by atoms with Crippen LogP contribution in [0.3, 0.4) is 0 Å². The summed E-state index contributed by atoms with van der Waals surface area (Å²) in [5.74, 6) is 1.16. The first kappa shape index (κ1) is 15.0. The zero-order valence-electron chi connectivity index (χ0n) is 12.5. The van der Waals surface area contributed by atoms with Crippen molar-refractivity contribution >= 4 is 5.97 Å². The summed E-state index contributed by atoms with van der Waals surface area (Å²) >= 11 is 0. The fourth-order valence-electron chi connectivity index (χ4n) is 2.82. The van der Waals surface area contributed by atoms with Gasteiger partial charge in [0.05, 0.1) is 19.1 Å². The Morgan fingerprint density at radius 2 is 2.15 bits per heavy atom. The fraction of sp³-hybridized carbons (Fsp3) is 0.733. The van der Waals surface area contributed by atoms with E-state index in [0.717, 1.165) is 44.6 Å². The molecule has 1 aromatic heterocycles. The number of hydrogen-bond donors (Lipinski definition) is 1. The molecule has 0 aromatic carbocycles. The highest BCUT2D eigenvalue weighted by Crippen LogP contribution is 2.25. The lowest BCUT2D eigenvalue weighted by Crippen LogP contribution is -2.35. The van der Waals surface area contributed by atoms with Crippen LogP contribution in [-0.4, -0.2) is 28.2 Å². The summed E-state index contributed by atoms with van der Waals surface area (Å²) in [6, 6.07) is 0.489. The van der Waals surface area contributed by atoms with E-state index < -0.39 is 0 Å². The van der Waals surface area contributed by atoms with Crippen molar-refractivity contribution < 1.29 is 9.53 Å². The first-order valence-electron chi connectivity index (χ1n) is 7.64. The minimum atomic E-state index is -0.0209. The molecular formula is C15H25N3O2. The van der Waals surface area contributed by atoms with E-state index >= 15 is 0 Å². The van der Waals surface area contributed by atoms with Crippen LogP contribution in [0.15, 0.2) is 12.4 Å². The van der Waals surface area contributed by atoms with Gasteiger partial charge in [0.25, 0.3) is 0 Å². The molecule has 5 nitrogen and oxygen atoms in total. The highest BCUT2D eigenvalue weighted by atomic mass is 16.5. The summed E-state index contributed by atoms with van der Waals surface area (Å²) in [7, 11) is 0. The van der Waals surface area contributed by atoms with Crippen LogP contribution in [-0.2, 0) is 22.6 Å². The molecule has 5 heteroatoms. The molecule has 1 N–H and O–H groups in total. The third-order valence-corrected chi connectivity index (χ3v) is 4.04. The number of ether oxygens (including phenoxy) is 1. The molecule has 1 fully saturated rings. The molecule has 0 bridgehead atoms. The van der Waals surface area contributed by atoms with Crippen LogP contribution in [0.1, 0.15) is 45.4 Å². The molecule has 0 amide bonds. The van der Waals surface area contributed by atoms with Crippen LogP contribution in [0.4, 0.5) is 0 Å². The lowest BCUT2D eigenvalue weighted by molar-refractivity contribution is -0.149. The lowest BCUT2D eigenvalue weighted by Gasteiger charge is -2.27. The van der Waals surface area contributed by atoms with E-state index in [0.29, 0.717) is 12.6 Å². The molecule has 0 aliphatic heterocycles. The number of imidazole rings is 1. The maximum atomic E-state index is 11.7. The number of rotatable bonds is 6. The maximum absolute atomic E-state index is 11.7. The van der Waals surface area contributed by atoms with Crippen LogP contribution >= 0.6 is 0 Å². The van der Waals surface area contributed by atoms with E-state index in [-0.39, 0.29) is 11.9 Å². The number of aromatic nitrogens is 2. The third-order valence-electron chi connectivity index (χ3n) is 4.04. The molecule has 1 aromatic rings. The Kier molecular flexibility index (Phi) is 5.59. The van der Waals surface area contributed by atoms with Gasteiger partial charge in [-0.3, -0.25) is 4.79 Å². The molecular weight excluding hydrogens is 254 g/mol. The number of esters is 1. The average molecular weight is 279 g/mol. The minimum Gasteiger partial charge on any atom is -0.466 e. The molecule has 20 heavy (non-hydrogen) atoms. The van der Waals surface area contributed by atoms with E-state index in [9.17, 15) is 4.79 Å². The molecule has 1 aliphatic rings. The van der Waals surface area contributed by atoms with Crippen molar-refractivity contribution in [2.24, 2.45) is 5.92 Å². The number of aryl methyl sites for hydroxylation is 1. The molecule has 2 rings (SSSR count). The zero-order chi connectivity index (χ0) is 14.4. The van der Waals surface area contributed by atoms with Gasteiger partial charge in [0, 0.05) is 25.0 Å². The fourth-order valence-corrected chi connectivity index (χ4v) is 2.82. The second-order valence-electron chi connectivity index (χ2n) is 5.31. The van der Waals surface area contributed by atoms with Crippen LogP contribution in [0, 0.1) is 5.92 Å². The van der Waals surface area contributed by atoms with Crippen molar-refractivity contribution in [3.05, 3.63) is 18.2 Å². The summed E-state index contributed by atoms with van der Waals surface area (Å²) in [5, 5.41) is 3.55. The van der Waals surface area contributed by atoms with Crippen LogP contribution in [0.5, 0.6) is 0 Å². The Balaban J connectivity index is 1.73. The van der Waals surface area contributed by atoms with Crippen molar-refractivity contribution in [2.75, 3.05) is 6.61 Å². The largest absolute Gasteiger partial charge is 0.466 e. The van der Waals surface area contributed by atoms with Gasteiger partial charge in [-0.15, -0.1) is 0 Å². The SMILES string of the molecule is CCOC(=O)C1CCC(NCc2nccn2CC)CC1. The predicted molar refractivity (Wildman–Crippen MR) is 77.1 cm³/mol. The van der Waals surface area contributed by atoms with Gasteiger partial charge in [-0.25, -0.2) is 4.98 Å². The van der Waals surface area contributed by atoms with Gasteiger partial charge in [-0.1, -0.05) is 0 Å². The first-order valence-corrected chi connectivity index (χ1v) is 7.64. The predicted octanol–water partition coefficient (Wildman–Crippen LogP) is 2.11. The molecule has 0 atom stereocenters. The Morgan fingerprint density at radius 1 is 1.40 bits per heavy atom. The smallest absolute Gasteiger partial charge is 0.308 e. The van der Waals surface area contributed by atoms with Gasteiger partial charge in [-0.2, -0.15) is 0 Å². The van der Waals surface area contributed by atoms with Gasteiger partial charge in [0.2, 0.25) is 0 Å². The number of carbonyl (C=O) groups excluding carboxylic acids is 1. The molecule has 112 valence electrons.